The molecule has 1 heteroatoms. The summed E-state index contributed by atoms with van der Waals surface area (Å²) in [6.07, 6.45) is 0. The van der Waals surface area contributed by atoms with Gasteiger partial charge in [-0.25, -0.2) is 0 Å². The van der Waals surface area contributed by atoms with Crippen LogP contribution in [-0.2, 0) is 0 Å². The minimum absolute atomic E-state index is 0.199. The molecule has 0 amide bonds. The van der Waals surface area contributed by atoms with Crippen molar-refractivity contribution in [2.24, 2.45) is 0 Å². The molecule has 10 aromatic carbocycles. The van der Waals surface area contributed by atoms with Crippen molar-refractivity contribution in [1.82, 2.24) is 0 Å². The van der Waals surface area contributed by atoms with Gasteiger partial charge in [-0.2, -0.15) is 0 Å². The molecule has 0 fully saturated rings. The van der Waals surface area contributed by atoms with E-state index in [0.29, 0.717) is 5.56 Å². The normalized spacial score (nSPS) is 12.9. The van der Waals surface area contributed by atoms with Gasteiger partial charge in [0.25, 0.3) is 0 Å². The van der Waals surface area contributed by atoms with Gasteiger partial charge in [0.15, 0.2) is 0 Å². The second kappa shape index (κ2) is 12.7. The van der Waals surface area contributed by atoms with Crippen LogP contribution in [0.3, 0.4) is 0 Å². The van der Waals surface area contributed by atoms with Crippen molar-refractivity contribution < 1.29 is 11.3 Å². The summed E-state index contributed by atoms with van der Waals surface area (Å²) in [6, 6.07) is 59.3. The van der Waals surface area contributed by atoms with Crippen LogP contribution in [0.1, 0.15) is 6.85 Å². The Morgan fingerprint density at radius 1 is 0.309 bits per heavy atom. The lowest BCUT2D eigenvalue weighted by Crippen LogP contribution is -1.93. The highest BCUT2D eigenvalue weighted by atomic mass is 16.3. The number of benzene rings is 10. The third kappa shape index (κ3) is 5.01. The Morgan fingerprint density at radius 2 is 0.818 bits per heavy atom. The molecule has 55 heavy (non-hydrogen) atoms. The summed E-state index contributed by atoms with van der Waals surface area (Å²) in [4.78, 5) is 0. The summed E-state index contributed by atoms with van der Waals surface area (Å²) in [5.41, 5.74) is 11.2. The van der Waals surface area contributed by atoms with E-state index in [1.54, 1.807) is 0 Å². The Hall–Kier alpha value is -7.22. The summed E-state index contributed by atoms with van der Waals surface area (Å²) in [7, 11) is 0. The fraction of sp³-hybridized carbons (Fsp3) is 0. The second-order valence-corrected chi connectivity index (χ2v) is 14.0. The van der Waals surface area contributed by atoms with Crippen LogP contribution in [-0.4, -0.2) is 0 Å². The van der Waals surface area contributed by atoms with Crippen molar-refractivity contribution >= 4 is 54.3 Å². The first-order valence-corrected chi connectivity index (χ1v) is 18.5. The minimum atomic E-state index is -0.406. The highest BCUT2D eigenvalue weighted by Crippen LogP contribution is 2.49. The lowest BCUT2D eigenvalue weighted by molar-refractivity contribution is 0.669. The molecule has 1 nitrogen and oxygen atoms in total. The Morgan fingerprint density at radius 3 is 1.49 bits per heavy atom. The third-order valence-electron chi connectivity index (χ3n) is 11.0. The number of furan rings is 1. The number of fused-ring (bicyclic) bond motifs is 6. The predicted molar refractivity (Wildman–Crippen MR) is 233 cm³/mol. The minimum Gasteiger partial charge on any atom is -0.456 e. The average molecular weight is 704 g/mol. The van der Waals surface area contributed by atoms with E-state index >= 15 is 0 Å². The molecule has 0 saturated heterocycles. The molecule has 11 rings (SSSR count). The number of hydrogen-bond acceptors (Lipinski definition) is 1. The Labute approximate surface area is 326 Å². The number of hydrogen-bond donors (Lipinski definition) is 0. The van der Waals surface area contributed by atoms with E-state index < -0.39 is 6.04 Å². The quantitative estimate of drug-likeness (QED) is 0.163. The topological polar surface area (TPSA) is 13.1 Å². The van der Waals surface area contributed by atoms with Gasteiger partial charge < -0.3 is 4.42 Å². The van der Waals surface area contributed by atoms with Crippen LogP contribution in [0, 0.1) is 0 Å². The molecule has 0 aliphatic heterocycles. The van der Waals surface area contributed by atoms with Crippen molar-refractivity contribution in [2.75, 3.05) is 0 Å². The zero-order valence-electron chi connectivity index (χ0n) is 34.7. The molecule has 1 heterocycles. The molecule has 0 atom stereocenters. The maximum absolute atomic E-state index is 9.01. The number of para-hydroxylation sites is 1. The first-order valence-electron chi connectivity index (χ1n) is 21.0. The molecule has 11 aromatic rings. The zero-order valence-corrected chi connectivity index (χ0v) is 29.7. The zero-order chi connectivity index (χ0) is 40.6. The van der Waals surface area contributed by atoms with Crippen molar-refractivity contribution in [3.8, 4) is 55.6 Å². The molecule has 0 saturated carbocycles. The number of rotatable bonds is 5. The van der Waals surface area contributed by atoms with Crippen molar-refractivity contribution in [1.29, 1.82) is 0 Å². The van der Waals surface area contributed by atoms with Crippen molar-refractivity contribution in [3.63, 3.8) is 0 Å². The molecule has 0 bridgehead atoms. The lowest BCUT2D eigenvalue weighted by atomic mass is 9.82. The molecular weight excluding hydrogens is 665 g/mol. The van der Waals surface area contributed by atoms with E-state index in [1.807, 2.05) is 54.6 Å². The van der Waals surface area contributed by atoms with Gasteiger partial charge in [-0.05, 0) is 101 Å². The molecule has 0 spiro atoms. The van der Waals surface area contributed by atoms with Crippen molar-refractivity contribution in [2.45, 2.75) is 0 Å². The van der Waals surface area contributed by atoms with Crippen LogP contribution in [0.2, 0.25) is 0 Å². The van der Waals surface area contributed by atoms with Crippen molar-refractivity contribution in [3.05, 3.63) is 206 Å². The third-order valence-corrected chi connectivity index (χ3v) is 11.0. The molecule has 1 aromatic heterocycles. The van der Waals surface area contributed by atoms with Gasteiger partial charge in [0.1, 0.15) is 11.2 Å². The van der Waals surface area contributed by atoms with Gasteiger partial charge in [0.2, 0.25) is 0 Å². The van der Waals surface area contributed by atoms with Crippen LogP contribution in [0.15, 0.2) is 211 Å². The van der Waals surface area contributed by atoms with Gasteiger partial charge >= 0.3 is 0 Å². The molecule has 0 N–H and O–H groups in total. The van der Waals surface area contributed by atoms with Crippen LogP contribution in [0.25, 0.3) is 110 Å². The summed E-state index contributed by atoms with van der Waals surface area (Å²) in [5.74, 6) is 0. The fourth-order valence-corrected chi connectivity index (χ4v) is 8.63. The van der Waals surface area contributed by atoms with Crippen LogP contribution in [0.5, 0.6) is 0 Å². The summed E-state index contributed by atoms with van der Waals surface area (Å²) in [5, 5.41) is 7.74. The maximum Gasteiger partial charge on any atom is 0.136 e. The van der Waals surface area contributed by atoms with Crippen LogP contribution < -0.4 is 0 Å². The van der Waals surface area contributed by atoms with Crippen LogP contribution >= 0.6 is 0 Å². The van der Waals surface area contributed by atoms with Gasteiger partial charge in [-0.1, -0.05) is 188 Å². The smallest absolute Gasteiger partial charge is 0.136 e. The molecular formula is C54H34O. The second-order valence-electron chi connectivity index (χ2n) is 14.0. The molecule has 0 radical (unpaired) electrons. The Kier molecular flexibility index (Phi) is 6.14. The summed E-state index contributed by atoms with van der Waals surface area (Å²) in [6.45, 7) is 0. The average Bonchev–Trinajstić information content (AvgIpc) is 3.69. The fourth-order valence-electron chi connectivity index (χ4n) is 8.63. The largest absolute Gasteiger partial charge is 0.456 e. The molecule has 256 valence electrons. The summed E-state index contributed by atoms with van der Waals surface area (Å²) >= 11 is 0. The van der Waals surface area contributed by atoms with Gasteiger partial charge in [0, 0.05) is 16.3 Å². The molecule has 0 aliphatic rings. The van der Waals surface area contributed by atoms with E-state index in [0.717, 1.165) is 98.8 Å². The first kappa shape index (κ1) is 26.5. The highest BCUT2D eigenvalue weighted by Gasteiger charge is 2.22. The van der Waals surface area contributed by atoms with E-state index in [-0.39, 0.29) is 29.7 Å². The van der Waals surface area contributed by atoms with Gasteiger partial charge in [-0.3, -0.25) is 0 Å². The Bertz CT molecular complexity index is 3460. The van der Waals surface area contributed by atoms with E-state index in [9.17, 15) is 0 Å². The SMILES string of the molecule is [2H]c1c([2H])c([2H])c(-c2c3ccccc3c(-c3ccc(-c4c(-c5cccc(-c6ccccc6)c5)ccc5oc6ccccc6c45)c4ccccc34)c3ccccc23)c([2H])c1[2H]. The predicted octanol–water partition coefficient (Wildman–Crippen LogP) is 15.4. The van der Waals surface area contributed by atoms with Gasteiger partial charge in [0.05, 0.1) is 6.85 Å². The van der Waals surface area contributed by atoms with E-state index in [1.165, 1.54) is 0 Å². The first-order chi connectivity index (χ1) is 29.4. The lowest BCUT2D eigenvalue weighted by Gasteiger charge is -2.20. The summed E-state index contributed by atoms with van der Waals surface area (Å²) < 4.78 is 49.9. The Balaban J connectivity index is 1.22. The van der Waals surface area contributed by atoms with E-state index in [4.69, 9.17) is 11.3 Å². The molecule has 0 unspecified atom stereocenters. The highest BCUT2D eigenvalue weighted by molar-refractivity contribution is 6.25. The van der Waals surface area contributed by atoms with E-state index in [2.05, 4.69) is 121 Å². The van der Waals surface area contributed by atoms with Crippen LogP contribution in [0.4, 0.5) is 0 Å². The standard InChI is InChI=1S/C54H34O/c1-3-16-35(17-4-1)37-20-15-21-38(34-37)39-32-33-50-54(48-28-13-14-29-49(48)55-50)53(39)47-31-30-46(40-22-7-8-23-41(40)47)52-44-26-11-9-24-42(44)51(36-18-5-2-6-19-36)43-25-10-12-27-45(43)52/h1-34H/i2D,5D,6D,18D,19D. The maximum atomic E-state index is 9.01. The molecule has 0 aliphatic carbocycles. The monoisotopic (exact) mass is 703 g/mol. The van der Waals surface area contributed by atoms with Gasteiger partial charge in [-0.15, -0.1) is 0 Å².